The van der Waals surface area contributed by atoms with Gasteiger partial charge in [0.1, 0.15) is 5.75 Å². The first-order chi connectivity index (χ1) is 13.3. The van der Waals surface area contributed by atoms with Crippen molar-refractivity contribution in [2.45, 2.75) is 47.1 Å². The number of hydrogen-bond acceptors (Lipinski definition) is 3. The van der Waals surface area contributed by atoms with E-state index in [1.165, 1.54) is 0 Å². The van der Waals surface area contributed by atoms with E-state index in [0.717, 1.165) is 11.1 Å². The Kier molecular flexibility index (Phi) is 7.61. The standard InChI is InChI=1S/C23H30N2O3/c1-6-20(28-21-12-11-16(4)13-17(21)5)23(27)25-19-10-8-7-9-18(19)22(26)24-14-15(2)3/h7-13,15,20H,6,14H2,1-5H3,(H,24,26)(H,25,27)/t20-/m1/s1. The number of carbonyl (C=O) groups is 2. The second kappa shape index (κ2) is 9.93. The Balaban J connectivity index is 2.13. The molecule has 28 heavy (non-hydrogen) atoms. The SMILES string of the molecule is CC[C@@H](Oc1ccc(C)cc1C)C(=O)Nc1ccccc1C(=O)NCC(C)C. The van der Waals surface area contributed by atoms with E-state index in [2.05, 4.69) is 10.6 Å². The molecule has 0 fully saturated rings. The number of benzene rings is 2. The zero-order valence-corrected chi connectivity index (χ0v) is 17.3. The second-order valence-electron chi connectivity index (χ2n) is 7.42. The first-order valence-corrected chi connectivity index (χ1v) is 9.73. The van der Waals surface area contributed by atoms with Crippen molar-refractivity contribution in [3.8, 4) is 5.75 Å². The number of amides is 2. The summed E-state index contributed by atoms with van der Waals surface area (Å²) in [6.45, 7) is 10.5. The Bertz CT molecular complexity index is 830. The molecule has 5 nitrogen and oxygen atoms in total. The van der Waals surface area contributed by atoms with Gasteiger partial charge < -0.3 is 15.4 Å². The van der Waals surface area contributed by atoms with E-state index < -0.39 is 6.10 Å². The Labute approximate surface area is 167 Å². The summed E-state index contributed by atoms with van der Waals surface area (Å²) >= 11 is 0. The van der Waals surface area contributed by atoms with Crippen LogP contribution >= 0.6 is 0 Å². The van der Waals surface area contributed by atoms with Crippen LogP contribution in [0.25, 0.3) is 0 Å². The van der Waals surface area contributed by atoms with Crippen molar-refractivity contribution in [3.63, 3.8) is 0 Å². The van der Waals surface area contributed by atoms with E-state index in [1.807, 2.05) is 52.8 Å². The van der Waals surface area contributed by atoms with Gasteiger partial charge in [-0.2, -0.15) is 0 Å². The molecule has 0 radical (unpaired) electrons. The van der Waals surface area contributed by atoms with Crippen LogP contribution in [0.2, 0.25) is 0 Å². The lowest BCUT2D eigenvalue weighted by Gasteiger charge is -2.20. The summed E-state index contributed by atoms with van der Waals surface area (Å²) in [5.41, 5.74) is 3.05. The fourth-order valence-electron chi connectivity index (χ4n) is 2.80. The van der Waals surface area contributed by atoms with Crippen LogP contribution in [0.4, 0.5) is 5.69 Å². The average Bonchev–Trinajstić information content (AvgIpc) is 2.65. The van der Waals surface area contributed by atoms with Crippen LogP contribution in [-0.4, -0.2) is 24.5 Å². The van der Waals surface area contributed by atoms with Gasteiger partial charge in [0.15, 0.2) is 6.10 Å². The van der Waals surface area contributed by atoms with Gasteiger partial charge in [0.25, 0.3) is 11.8 Å². The van der Waals surface area contributed by atoms with Gasteiger partial charge in [-0.3, -0.25) is 9.59 Å². The van der Waals surface area contributed by atoms with Gasteiger partial charge in [0, 0.05) is 6.54 Å². The molecule has 1 atom stereocenters. The van der Waals surface area contributed by atoms with Crippen molar-refractivity contribution in [3.05, 3.63) is 59.2 Å². The quantitative estimate of drug-likeness (QED) is 0.707. The molecule has 0 heterocycles. The van der Waals surface area contributed by atoms with Gasteiger partial charge in [-0.05, 0) is 49.9 Å². The molecule has 0 bridgehead atoms. The summed E-state index contributed by atoms with van der Waals surface area (Å²) in [6, 6.07) is 12.9. The summed E-state index contributed by atoms with van der Waals surface area (Å²) < 4.78 is 5.95. The lowest BCUT2D eigenvalue weighted by atomic mass is 10.1. The molecule has 0 aliphatic carbocycles. The number of hydrogen-bond donors (Lipinski definition) is 2. The summed E-state index contributed by atoms with van der Waals surface area (Å²) in [4.78, 5) is 25.3. The predicted octanol–water partition coefficient (Wildman–Crippen LogP) is 4.49. The van der Waals surface area contributed by atoms with Crippen LogP contribution in [-0.2, 0) is 4.79 Å². The highest BCUT2D eigenvalue weighted by Gasteiger charge is 2.21. The maximum absolute atomic E-state index is 12.8. The molecule has 5 heteroatoms. The fraction of sp³-hybridized carbons (Fsp3) is 0.391. The summed E-state index contributed by atoms with van der Waals surface area (Å²) in [6.07, 6.45) is -0.130. The molecule has 2 N–H and O–H groups in total. The minimum absolute atomic E-state index is 0.201. The van der Waals surface area contributed by atoms with Crippen molar-refractivity contribution < 1.29 is 14.3 Å². The molecule has 0 unspecified atom stereocenters. The van der Waals surface area contributed by atoms with E-state index in [0.29, 0.717) is 35.9 Å². The Hall–Kier alpha value is -2.82. The van der Waals surface area contributed by atoms with Crippen LogP contribution in [0.5, 0.6) is 5.75 Å². The van der Waals surface area contributed by atoms with Gasteiger partial charge >= 0.3 is 0 Å². The minimum Gasteiger partial charge on any atom is -0.480 e. The van der Waals surface area contributed by atoms with Crippen molar-refractivity contribution in [2.75, 3.05) is 11.9 Å². The van der Waals surface area contributed by atoms with Crippen molar-refractivity contribution in [1.29, 1.82) is 0 Å². The van der Waals surface area contributed by atoms with Crippen LogP contribution in [0.3, 0.4) is 0 Å². The highest BCUT2D eigenvalue weighted by Crippen LogP contribution is 2.22. The second-order valence-corrected chi connectivity index (χ2v) is 7.42. The first kappa shape index (κ1) is 21.5. The Morgan fingerprint density at radius 2 is 1.79 bits per heavy atom. The molecule has 0 saturated heterocycles. The molecule has 2 rings (SSSR count). The number of anilines is 1. The van der Waals surface area contributed by atoms with Gasteiger partial charge in [-0.25, -0.2) is 0 Å². The monoisotopic (exact) mass is 382 g/mol. The average molecular weight is 383 g/mol. The lowest BCUT2D eigenvalue weighted by Crippen LogP contribution is -2.34. The molecule has 2 amide bonds. The van der Waals surface area contributed by atoms with Crippen LogP contribution < -0.4 is 15.4 Å². The summed E-state index contributed by atoms with van der Waals surface area (Å²) in [5.74, 6) is 0.566. The fourth-order valence-corrected chi connectivity index (χ4v) is 2.80. The molecular formula is C23H30N2O3. The lowest BCUT2D eigenvalue weighted by molar-refractivity contribution is -0.122. The number of carbonyl (C=O) groups excluding carboxylic acids is 2. The number of aryl methyl sites for hydroxylation is 2. The molecular weight excluding hydrogens is 352 g/mol. The Morgan fingerprint density at radius 3 is 2.43 bits per heavy atom. The van der Waals surface area contributed by atoms with Gasteiger partial charge in [0.05, 0.1) is 11.3 Å². The predicted molar refractivity (Wildman–Crippen MR) is 113 cm³/mol. The maximum Gasteiger partial charge on any atom is 0.265 e. The summed E-state index contributed by atoms with van der Waals surface area (Å²) in [7, 11) is 0. The van der Waals surface area contributed by atoms with Crippen LogP contribution in [0.15, 0.2) is 42.5 Å². The molecule has 0 spiro atoms. The largest absolute Gasteiger partial charge is 0.480 e. The van der Waals surface area contributed by atoms with Crippen LogP contribution in [0.1, 0.15) is 48.7 Å². The number of ether oxygens (including phenoxy) is 1. The molecule has 0 saturated carbocycles. The zero-order valence-electron chi connectivity index (χ0n) is 17.3. The third-order valence-corrected chi connectivity index (χ3v) is 4.36. The van der Waals surface area contributed by atoms with E-state index in [4.69, 9.17) is 4.74 Å². The smallest absolute Gasteiger partial charge is 0.265 e. The Morgan fingerprint density at radius 1 is 1.07 bits per heavy atom. The molecule has 150 valence electrons. The highest BCUT2D eigenvalue weighted by atomic mass is 16.5. The third-order valence-electron chi connectivity index (χ3n) is 4.36. The van der Waals surface area contributed by atoms with Crippen molar-refractivity contribution in [2.24, 2.45) is 5.92 Å². The number of nitrogens with one attached hydrogen (secondary N) is 2. The van der Waals surface area contributed by atoms with E-state index in [1.54, 1.807) is 24.3 Å². The van der Waals surface area contributed by atoms with E-state index in [9.17, 15) is 9.59 Å². The molecule has 0 aliphatic heterocycles. The topological polar surface area (TPSA) is 67.4 Å². The number of para-hydroxylation sites is 1. The normalized spacial score (nSPS) is 11.8. The minimum atomic E-state index is -0.645. The van der Waals surface area contributed by atoms with Crippen molar-refractivity contribution >= 4 is 17.5 Å². The molecule has 2 aromatic rings. The van der Waals surface area contributed by atoms with Crippen molar-refractivity contribution in [1.82, 2.24) is 5.32 Å². The van der Waals surface area contributed by atoms with Crippen LogP contribution in [0, 0.1) is 19.8 Å². The molecule has 0 aromatic heterocycles. The first-order valence-electron chi connectivity index (χ1n) is 9.73. The molecule has 0 aliphatic rings. The van der Waals surface area contributed by atoms with Gasteiger partial charge in [-0.1, -0.05) is 50.6 Å². The van der Waals surface area contributed by atoms with Gasteiger partial charge in [-0.15, -0.1) is 0 Å². The van der Waals surface area contributed by atoms with E-state index in [-0.39, 0.29) is 11.8 Å². The highest BCUT2D eigenvalue weighted by molar-refractivity contribution is 6.04. The summed E-state index contributed by atoms with van der Waals surface area (Å²) in [5, 5.41) is 5.74. The maximum atomic E-state index is 12.8. The zero-order chi connectivity index (χ0) is 20.7. The number of rotatable bonds is 8. The third kappa shape index (κ3) is 5.84. The van der Waals surface area contributed by atoms with E-state index >= 15 is 0 Å². The molecule has 2 aromatic carbocycles. The van der Waals surface area contributed by atoms with Gasteiger partial charge in [0.2, 0.25) is 0 Å².